The van der Waals surface area contributed by atoms with Crippen LogP contribution >= 0.6 is 0 Å². The highest BCUT2D eigenvalue weighted by atomic mass is 16.3. The van der Waals surface area contributed by atoms with Crippen LogP contribution in [0.1, 0.15) is 31.9 Å². The maximum absolute atomic E-state index is 6.18. The van der Waals surface area contributed by atoms with E-state index in [1.807, 2.05) is 12.3 Å². The lowest BCUT2D eigenvalue weighted by Gasteiger charge is -2.19. The normalized spacial score (nSPS) is 12.2. The number of pyridine rings is 1. The Morgan fingerprint density at radius 3 is 2.54 bits per heavy atom. The highest BCUT2D eigenvalue weighted by Gasteiger charge is 2.17. The lowest BCUT2D eigenvalue weighted by Crippen LogP contribution is -2.11. The Labute approximate surface area is 142 Å². The molecule has 0 fully saturated rings. The van der Waals surface area contributed by atoms with Gasteiger partial charge in [-0.15, -0.1) is 0 Å². The Balaban J connectivity index is 1.99. The molecule has 0 aliphatic carbocycles. The van der Waals surface area contributed by atoms with Crippen LogP contribution in [0.2, 0.25) is 0 Å². The third kappa shape index (κ3) is 2.39. The van der Waals surface area contributed by atoms with Crippen molar-refractivity contribution in [2.24, 2.45) is 0 Å². The van der Waals surface area contributed by atoms with Gasteiger partial charge < -0.3 is 4.42 Å². The minimum absolute atomic E-state index is 0.0938. The van der Waals surface area contributed by atoms with Gasteiger partial charge in [-0.2, -0.15) is 0 Å². The van der Waals surface area contributed by atoms with Crippen molar-refractivity contribution in [2.45, 2.75) is 33.1 Å². The number of hydrogen-bond acceptors (Lipinski definition) is 2. The molecule has 2 aromatic heterocycles. The summed E-state index contributed by atoms with van der Waals surface area (Å²) in [5.41, 5.74) is 6.46. The minimum Gasteiger partial charge on any atom is -0.455 e. The molecule has 0 spiro atoms. The Hall–Kier alpha value is -2.61. The maximum atomic E-state index is 6.18. The van der Waals surface area contributed by atoms with Crippen LogP contribution in [0.3, 0.4) is 0 Å². The molecule has 120 valence electrons. The third-order valence-electron chi connectivity index (χ3n) is 4.55. The maximum Gasteiger partial charge on any atom is 0.144 e. The third-order valence-corrected chi connectivity index (χ3v) is 4.55. The summed E-state index contributed by atoms with van der Waals surface area (Å²) in [6.45, 7) is 8.76. The summed E-state index contributed by atoms with van der Waals surface area (Å²) >= 11 is 0. The number of fused-ring (bicyclic) bond motifs is 3. The van der Waals surface area contributed by atoms with Crippen molar-refractivity contribution in [2.75, 3.05) is 0 Å². The van der Waals surface area contributed by atoms with Crippen LogP contribution in [0.15, 0.2) is 59.1 Å². The Kier molecular flexibility index (Phi) is 3.24. The molecule has 2 heteroatoms. The van der Waals surface area contributed by atoms with Crippen LogP contribution in [0.25, 0.3) is 33.2 Å². The molecule has 0 N–H and O–H groups in total. The van der Waals surface area contributed by atoms with E-state index in [-0.39, 0.29) is 5.41 Å². The number of para-hydroxylation sites is 1. The molecule has 0 unspecified atom stereocenters. The second-order valence-corrected chi connectivity index (χ2v) is 7.46. The first-order valence-corrected chi connectivity index (χ1v) is 8.32. The number of benzene rings is 2. The fourth-order valence-electron chi connectivity index (χ4n) is 3.16. The largest absolute Gasteiger partial charge is 0.455 e. The Morgan fingerprint density at radius 1 is 0.917 bits per heavy atom. The van der Waals surface area contributed by atoms with Crippen molar-refractivity contribution in [3.8, 4) is 11.3 Å². The van der Waals surface area contributed by atoms with E-state index in [2.05, 4.69) is 75.1 Å². The molecule has 0 amide bonds. The quantitative estimate of drug-likeness (QED) is 0.414. The number of furan rings is 1. The van der Waals surface area contributed by atoms with Crippen LogP contribution < -0.4 is 0 Å². The number of aromatic nitrogens is 1. The van der Waals surface area contributed by atoms with Gasteiger partial charge in [0, 0.05) is 22.5 Å². The lowest BCUT2D eigenvalue weighted by molar-refractivity contribution is 0.589. The van der Waals surface area contributed by atoms with Crippen molar-refractivity contribution >= 4 is 21.9 Å². The zero-order chi connectivity index (χ0) is 16.9. The molecule has 0 saturated heterocycles. The van der Waals surface area contributed by atoms with Crippen LogP contribution in [0, 0.1) is 6.92 Å². The molecule has 2 aromatic carbocycles. The molecule has 0 aliphatic rings. The molecule has 4 aromatic rings. The average molecular weight is 315 g/mol. The minimum atomic E-state index is 0.0938. The number of nitrogens with zero attached hydrogens (tertiary/aromatic N) is 1. The van der Waals surface area contributed by atoms with Gasteiger partial charge in [0.15, 0.2) is 0 Å². The van der Waals surface area contributed by atoms with Gasteiger partial charge in [0.2, 0.25) is 0 Å². The molecule has 2 nitrogen and oxygen atoms in total. The zero-order valence-electron chi connectivity index (χ0n) is 14.6. The van der Waals surface area contributed by atoms with E-state index >= 15 is 0 Å². The van der Waals surface area contributed by atoms with E-state index in [1.165, 1.54) is 16.5 Å². The van der Waals surface area contributed by atoms with Crippen LogP contribution in [-0.4, -0.2) is 4.98 Å². The van der Waals surface area contributed by atoms with E-state index in [0.717, 1.165) is 27.8 Å². The van der Waals surface area contributed by atoms with E-state index in [9.17, 15) is 0 Å². The van der Waals surface area contributed by atoms with Gasteiger partial charge in [-0.25, -0.2) is 0 Å². The van der Waals surface area contributed by atoms with Gasteiger partial charge in [0.05, 0.1) is 5.69 Å². The predicted octanol–water partition coefficient (Wildman–Crippen LogP) is 6.25. The SMILES string of the molecule is Cc1ccc2oc3c(-c4cc(C(C)(C)C)ccn4)cccc3c2c1. The summed E-state index contributed by atoms with van der Waals surface area (Å²) in [6, 6.07) is 16.9. The molecular formula is C22H21NO. The fraction of sp³-hybridized carbons (Fsp3) is 0.227. The number of aryl methyl sites for hydroxylation is 1. The Morgan fingerprint density at radius 2 is 1.75 bits per heavy atom. The van der Waals surface area contributed by atoms with E-state index in [0.29, 0.717) is 0 Å². The van der Waals surface area contributed by atoms with Crippen LogP contribution in [0.5, 0.6) is 0 Å². The highest BCUT2D eigenvalue weighted by molar-refractivity contribution is 6.09. The van der Waals surface area contributed by atoms with Gasteiger partial charge in [-0.3, -0.25) is 4.98 Å². The number of rotatable bonds is 1. The number of hydrogen-bond donors (Lipinski definition) is 0. The predicted molar refractivity (Wildman–Crippen MR) is 100 cm³/mol. The fourth-order valence-corrected chi connectivity index (χ4v) is 3.16. The summed E-state index contributed by atoms with van der Waals surface area (Å²) in [5.74, 6) is 0. The van der Waals surface area contributed by atoms with Gasteiger partial charge in [0.1, 0.15) is 11.2 Å². The first-order chi connectivity index (χ1) is 11.4. The summed E-state index contributed by atoms with van der Waals surface area (Å²) < 4.78 is 6.18. The van der Waals surface area contributed by atoms with Gasteiger partial charge >= 0.3 is 0 Å². The van der Waals surface area contributed by atoms with E-state index < -0.39 is 0 Å². The van der Waals surface area contributed by atoms with Crippen LogP contribution in [-0.2, 0) is 5.41 Å². The van der Waals surface area contributed by atoms with Crippen molar-refractivity contribution in [1.82, 2.24) is 4.98 Å². The van der Waals surface area contributed by atoms with Crippen molar-refractivity contribution < 1.29 is 4.42 Å². The van der Waals surface area contributed by atoms with E-state index in [1.54, 1.807) is 0 Å². The molecule has 0 atom stereocenters. The van der Waals surface area contributed by atoms with Crippen LogP contribution in [0.4, 0.5) is 0 Å². The Bertz CT molecular complexity index is 1050. The zero-order valence-corrected chi connectivity index (χ0v) is 14.6. The van der Waals surface area contributed by atoms with Crippen molar-refractivity contribution in [3.63, 3.8) is 0 Å². The molecule has 4 rings (SSSR count). The first kappa shape index (κ1) is 14.9. The summed E-state index contributed by atoms with van der Waals surface area (Å²) in [4.78, 5) is 4.60. The molecule has 0 saturated carbocycles. The molecule has 0 aliphatic heterocycles. The second-order valence-electron chi connectivity index (χ2n) is 7.46. The molecule has 0 bridgehead atoms. The monoisotopic (exact) mass is 315 g/mol. The molecule has 0 radical (unpaired) electrons. The first-order valence-electron chi connectivity index (χ1n) is 8.32. The standard InChI is InChI=1S/C22H21NO/c1-14-8-9-20-18(12-14)16-6-5-7-17(21(16)24-20)19-13-15(10-11-23-19)22(2,3)4/h5-13H,1-4H3. The molecule has 2 heterocycles. The van der Waals surface area contributed by atoms with Crippen molar-refractivity contribution in [3.05, 3.63) is 65.9 Å². The summed E-state index contributed by atoms with van der Waals surface area (Å²) in [7, 11) is 0. The van der Waals surface area contributed by atoms with Gasteiger partial charge in [0.25, 0.3) is 0 Å². The molecular weight excluding hydrogens is 294 g/mol. The summed E-state index contributed by atoms with van der Waals surface area (Å²) in [5, 5.41) is 2.31. The lowest BCUT2D eigenvalue weighted by atomic mass is 9.87. The summed E-state index contributed by atoms with van der Waals surface area (Å²) in [6.07, 6.45) is 1.89. The van der Waals surface area contributed by atoms with E-state index in [4.69, 9.17) is 4.42 Å². The highest BCUT2D eigenvalue weighted by Crippen LogP contribution is 2.36. The van der Waals surface area contributed by atoms with Crippen molar-refractivity contribution in [1.29, 1.82) is 0 Å². The second kappa shape index (κ2) is 5.20. The topological polar surface area (TPSA) is 26.0 Å². The molecule has 24 heavy (non-hydrogen) atoms. The van der Waals surface area contributed by atoms with Gasteiger partial charge in [-0.1, -0.05) is 44.5 Å². The smallest absolute Gasteiger partial charge is 0.144 e. The average Bonchev–Trinajstić information content (AvgIpc) is 2.92. The van der Waals surface area contributed by atoms with Gasteiger partial charge in [-0.05, 0) is 48.2 Å².